The number of benzene rings is 1. The van der Waals surface area contributed by atoms with Gasteiger partial charge >= 0.3 is 0 Å². The van der Waals surface area contributed by atoms with Crippen LogP contribution in [0, 0.1) is 11.3 Å². The van der Waals surface area contributed by atoms with Crippen LogP contribution in [0.5, 0.6) is 5.75 Å². The highest BCUT2D eigenvalue weighted by Gasteiger charge is 2.09. The van der Waals surface area contributed by atoms with Gasteiger partial charge in [-0.3, -0.25) is 9.20 Å². The lowest BCUT2D eigenvalue weighted by Gasteiger charge is -2.07. The third-order valence-electron chi connectivity index (χ3n) is 3.57. The Morgan fingerprint density at radius 2 is 2.00 bits per heavy atom. The zero-order valence-electron chi connectivity index (χ0n) is 13.7. The smallest absolute Gasteiger partial charge is 0.277 e. The molecule has 3 rings (SSSR count). The number of nitriles is 1. The predicted molar refractivity (Wildman–Crippen MR) is 105 cm³/mol. The summed E-state index contributed by atoms with van der Waals surface area (Å²) in [5.74, 6) is 0.613. The Balaban J connectivity index is 1.89. The van der Waals surface area contributed by atoms with Gasteiger partial charge in [-0.2, -0.15) is 5.26 Å². The summed E-state index contributed by atoms with van der Waals surface area (Å²) >= 11 is 9.50. The standard InChI is InChI=1S/C19H13BrClN3O2/c1-12(10-22)26-15-6-2-13(3-7-15)4-8-16-18(21)19(25)24-11-14(20)5-9-17(24)23-16/h2-9,11-12H,1H3/b8-4+. The van der Waals surface area contributed by atoms with Crippen LogP contribution in [-0.4, -0.2) is 15.5 Å². The van der Waals surface area contributed by atoms with E-state index in [0.717, 1.165) is 10.0 Å². The number of aromatic nitrogens is 2. The molecule has 0 amide bonds. The van der Waals surface area contributed by atoms with Crippen molar-refractivity contribution in [3.63, 3.8) is 0 Å². The molecule has 0 aliphatic heterocycles. The molecule has 7 heteroatoms. The number of halogens is 2. The Bertz CT molecular complexity index is 1080. The van der Waals surface area contributed by atoms with E-state index in [1.165, 1.54) is 4.40 Å². The highest BCUT2D eigenvalue weighted by molar-refractivity contribution is 9.10. The summed E-state index contributed by atoms with van der Waals surface area (Å²) in [7, 11) is 0. The van der Waals surface area contributed by atoms with E-state index in [1.807, 2.05) is 24.3 Å². The zero-order chi connectivity index (χ0) is 18.7. The average molecular weight is 431 g/mol. The second-order valence-corrected chi connectivity index (χ2v) is 6.78. The quantitative estimate of drug-likeness (QED) is 0.608. The first-order valence-electron chi connectivity index (χ1n) is 7.70. The predicted octanol–water partition coefficient (Wildman–Crippen LogP) is 4.57. The van der Waals surface area contributed by atoms with Gasteiger partial charge in [-0.15, -0.1) is 0 Å². The maximum atomic E-state index is 12.4. The van der Waals surface area contributed by atoms with Gasteiger partial charge in [0.1, 0.15) is 22.5 Å². The third kappa shape index (κ3) is 3.96. The van der Waals surface area contributed by atoms with Crippen molar-refractivity contribution in [1.29, 1.82) is 5.26 Å². The lowest BCUT2D eigenvalue weighted by atomic mass is 10.2. The number of rotatable bonds is 4. The molecule has 0 fully saturated rings. The van der Waals surface area contributed by atoms with Crippen molar-refractivity contribution in [2.45, 2.75) is 13.0 Å². The summed E-state index contributed by atoms with van der Waals surface area (Å²) < 4.78 is 7.57. The molecule has 0 saturated carbocycles. The van der Waals surface area contributed by atoms with E-state index < -0.39 is 6.10 Å². The van der Waals surface area contributed by atoms with Gasteiger partial charge in [0, 0.05) is 10.7 Å². The first-order valence-corrected chi connectivity index (χ1v) is 8.87. The van der Waals surface area contributed by atoms with Crippen molar-refractivity contribution in [3.8, 4) is 11.8 Å². The largest absolute Gasteiger partial charge is 0.476 e. The summed E-state index contributed by atoms with van der Waals surface area (Å²) in [4.78, 5) is 16.8. The van der Waals surface area contributed by atoms with Crippen LogP contribution in [0.4, 0.5) is 0 Å². The minimum absolute atomic E-state index is 0.0552. The highest BCUT2D eigenvalue weighted by atomic mass is 79.9. The molecule has 0 radical (unpaired) electrons. The monoisotopic (exact) mass is 429 g/mol. The van der Waals surface area contributed by atoms with E-state index in [4.69, 9.17) is 21.6 Å². The van der Waals surface area contributed by atoms with Gasteiger partial charge in [0.15, 0.2) is 6.10 Å². The average Bonchev–Trinajstić information content (AvgIpc) is 2.65. The first kappa shape index (κ1) is 18.2. The van der Waals surface area contributed by atoms with E-state index in [2.05, 4.69) is 20.9 Å². The van der Waals surface area contributed by atoms with Crippen LogP contribution in [0.1, 0.15) is 18.2 Å². The maximum absolute atomic E-state index is 12.4. The van der Waals surface area contributed by atoms with Gasteiger partial charge in [0.25, 0.3) is 5.56 Å². The van der Waals surface area contributed by atoms with Gasteiger partial charge in [-0.1, -0.05) is 29.8 Å². The number of hydrogen-bond acceptors (Lipinski definition) is 4. The fourth-order valence-electron chi connectivity index (χ4n) is 2.28. The molecule has 26 heavy (non-hydrogen) atoms. The fourth-order valence-corrected chi connectivity index (χ4v) is 2.82. The number of fused-ring (bicyclic) bond motifs is 1. The van der Waals surface area contributed by atoms with Crippen LogP contribution in [-0.2, 0) is 0 Å². The first-order chi connectivity index (χ1) is 12.5. The molecule has 2 aromatic heterocycles. The van der Waals surface area contributed by atoms with Crippen molar-refractivity contribution in [2.24, 2.45) is 0 Å². The molecule has 5 nitrogen and oxygen atoms in total. The Kier molecular flexibility index (Phi) is 5.40. The van der Waals surface area contributed by atoms with Crippen molar-refractivity contribution in [1.82, 2.24) is 9.38 Å². The molecular formula is C19H13BrClN3O2. The third-order valence-corrected chi connectivity index (χ3v) is 4.39. The van der Waals surface area contributed by atoms with E-state index in [9.17, 15) is 4.79 Å². The van der Waals surface area contributed by atoms with Crippen LogP contribution in [0.15, 0.2) is 51.9 Å². The van der Waals surface area contributed by atoms with E-state index in [1.54, 1.807) is 43.5 Å². The van der Waals surface area contributed by atoms with E-state index >= 15 is 0 Å². The summed E-state index contributed by atoms with van der Waals surface area (Å²) in [5, 5.41) is 8.82. The van der Waals surface area contributed by atoms with Gasteiger partial charge in [-0.05, 0) is 58.8 Å². The molecule has 0 aliphatic rings. The summed E-state index contributed by atoms with van der Waals surface area (Å²) in [6.07, 6.45) is 4.62. The summed E-state index contributed by atoms with van der Waals surface area (Å²) in [5.41, 5.74) is 1.47. The fraction of sp³-hybridized carbons (Fsp3) is 0.105. The molecule has 2 heterocycles. The molecule has 0 bridgehead atoms. The maximum Gasteiger partial charge on any atom is 0.277 e. The molecule has 1 unspecified atom stereocenters. The Morgan fingerprint density at radius 3 is 2.69 bits per heavy atom. The van der Waals surface area contributed by atoms with Crippen molar-refractivity contribution in [2.75, 3.05) is 0 Å². The number of hydrogen-bond donors (Lipinski definition) is 0. The van der Waals surface area contributed by atoms with E-state index in [-0.39, 0.29) is 10.6 Å². The van der Waals surface area contributed by atoms with Crippen LogP contribution in [0.2, 0.25) is 5.02 Å². The Hall–Kier alpha value is -2.62. The van der Waals surface area contributed by atoms with Crippen LogP contribution in [0.3, 0.4) is 0 Å². The Morgan fingerprint density at radius 1 is 1.27 bits per heavy atom. The van der Waals surface area contributed by atoms with Gasteiger partial charge in [0.2, 0.25) is 0 Å². The molecule has 0 N–H and O–H groups in total. The number of pyridine rings is 1. The van der Waals surface area contributed by atoms with E-state index in [0.29, 0.717) is 17.1 Å². The molecule has 3 aromatic rings. The minimum Gasteiger partial charge on any atom is -0.476 e. The lowest BCUT2D eigenvalue weighted by molar-refractivity contribution is 0.276. The minimum atomic E-state index is -0.509. The van der Waals surface area contributed by atoms with Gasteiger partial charge in [-0.25, -0.2) is 4.98 Å². The SMILES string of the molecule is CC(C#N)Oc1ccc(/C=C/c2nc3ccc(Br)cn3c(=O)c2Cl)cc1. The van der Waals surface area contributed by atoms with Crippen molar-refractivity contribution >= 4 is 45.3 Å². The molecule has 0 aliphatic carbocycles. The van der Waals surface area contributed by atoms with Crippen LogP contribution < -0.4 is 10.3 Å². The molecule has 1 atom stereocenters. The van der Waals surface area contributed by atoms with Crippen molar-refractivity contribution < 1.29 is 4.74 Å². The summed E-state index contributed by atoms with van der Waals surface area (Å²) in [6, 6.07) is 12.8. The van der Waals surface area contributed by atoms with Crippen LogP contribution >= 0.6 is 27.5 Å². The van der Waals surface area contributed by atoms with Gasteiger partial charge in [0.05, 0.1) is 5.69 Å². The summed E-state index contributed by atoms with van der Waals surface area (Å²) in [6.45, 7) is 1.68. The topological polar surface area (TPSA) is 67.4 Å². The highest BCUT2D eigenvalue weighted by Crippen LogP contribution is 2.18. The van der Waals surface area contributed by atoms with Gasteiger partial charge < -0.3 is 4.74 Å². The molecule has 0 saturated heterocycles. The number of ether oxygens (including phenoxy) is 1. The number of nitrogens with zero attached hydrogens (tertiary/aromatic N) is 3. The molecule has 0 spiro atoms. The molecule has 130 valence electrons. The molecular weight excluding hydrogens is 418 g/mol. The second-order valence-electron chi connectivity index (χ2n) is 5.48. The van der Waals surface area contributed by atoms with Crippen molar-refractivity contribution in [3.05, 3.63) is 73.7 Å². The lowest BCUT2D eigenvalue weighted by Crippen LogP contribution is -2.16. The Labute approximate surface area is 163 Å². The second kappa shape index (κ2) is 7.73. The zero-order valence-corrected chi connectivity index (χ0v) is 16.0. The molecule has 1 aromatic carbocycles. The van der Waals surface area contributed by atoms with Crippen LogP contribution in [0.25, 0.3) is 17.8 Å². The normalized spacial score (nSPS) is 12.2.